The van der Waals surface area contributed by atoms with Crippen molar-refractivity contribution in [2.45, 2.75) is 23.9 Å². The molecule has 1 heterocycles. The van der Waals surface area contributed by atoms with Crippen LogP contribution in [0.15, 0.2) is 28.6 Å². The van der Waals surface area contributed by atoms with Crippen LogP contribution in [0.5, 0.6) is 0 Å². The maximum Gasteiger partial charge on any atom is 0.416 e. The fourth-order valence-electron chi connectivity index (χ4n) is 1.51. The predicted octanol–water partition coefficient (Wildman–Crippen LogP) is 4.31. The number of nitrogens with zero attached hydrogens (tertiary/aromatic N) is 2. The number of rotatable bonds is 5. The van der Waals surface area contributed by atoms with Gasteiger partial charge in [0.2, 0.25) is 5.13 Å². The molecule has 0 unspecified atom stereocenters. The third-order valence-corrected chi connectivity index (χ3v) is 4.69. The Balaban J connectivity index is 2.07. The van der Waals surface area contributed by atoms with Crippen molar-refractivity contribution in [1.29, 1.82) is 0 Å². The summed E-state index contributed by atoms with van der Waals surface area (Å²) in [7, 11) is 0. The summed E-state index contributed by atoms with van der Waals surface area (Å²) in [5.74, 6) is 0.241. The lowest BCUT2D eigenvalue weighted by Crippen LogP contribution is -2.13. The SMILES string of the molecule is CCCSc1nnc(NC(=O)c2cccc(C(F)(F)F)c2)s1. The van der Waals surface area contributed by atoms with Crippen molar-refractivity contribution >= 4 is 34.1 Å². The van der Waals surface area contributed by atoms with E-state index in [-0.39, 0.29) is 10.7 Å². The number of nitrogens with one attached hydrogen (secondary N) is 1. The molecule has 2 aromatic rings. The number of anilines is 1. The number of aromatic nitrogens is 2. The third kappa shape index (κ3) is 4.44. The molecule has 0 fully saturated rings. The zero-order chi connectivity index (χ0) is 16.2. The monoisotopic (exact) mass is 347 g/mol. The highest BCUT2D eigenvalue weighted by Crippen LogP contribution is 2.30. The summed E-state index contributed by atoms with van der Waals surface area (Å²) in [6, 6.07) is 4.24. The second kappa shape index (κ2) is 7.10. The van der Waals surface area contributed by atoms with Crippen LogP contribution in [0.4, 0.5) is 18.3 Å². The molecule has 0 bridgehead atoms. The van der Waals surface area contributed by atoms with E-state index in [9.17, 15) is 18.0 Å². The molecule has 0 aliphatic heterocycles. The maximum atomic E-state index is 12.6. The molecule has 0 aliphatic carbocycles. The lowest BCUT2D eigenvalue weighted by molar-refractivity contribution is -0.137. The van der Waals surface area contributed by atoms with Gasteiger partial charge in [-0.3, -0.25) is 10.1 Å². The summed E-state index contributed by atoms with van der Waals surface area (Å²) in [6.07, 6.45) is -3.50. The Hall–Kier alpha value is -1.61. The highest BCUT2D eigenvalue weighted by molar-refractivity contribution is 8.01. The Morgan fingerprint density at radius 3 is 2.82 bits per heavy atom. The molecule has 0 atom stereocenters. The normalized spacial score (nSPS) is 11.5. The number of carbonyl (C=O) groups excluding carboxylic acids is 1. The molecule has 1 aromatic carbocycles. The molecule has 0 radical (unpaired) electrons. The molecule has 2 rings (SSSR count). The largest absolute Gasteiger partial charge is 0.416 e. The Labute approximate surface area is 133 Å². The summed E-state index contributed by atoms with van der Waals surface area (Å²) in [4.78, 5) is 12.0. The van der Waals surface area contributed by atoms with E-state index in [2.05, 4.69) is 15.5 Å². The fraction of sp³-hybridized carbons (Fsp3) is 0.308. The Morgan fingerprint density at radius 1 is 1.36 bits per heavy atom. The van der Waals surface area contributed by atoms with Crippen LogP contribution in [0, 0.1) is 0 Å². The number of carbonyl (C=O) groups is 1. The molecule has 0 aliphatic rings. The number of amides is 1. The number of hydrogen-bond donors (Lipinski definition) is 1. The van der Waals surface area contributed by atoms with Crippen molar-refractivity contribution in [3.05, 3.63) is 35.4 Å². The van der Waals surface area contributed by atoms with Gasteiger partial charge < -0.3 is 0 Å². The van der Waals surface area contributed by atoms with E-state index >= 15 is 0 Å². The standard InChI is InChI=1S/C13H12F3N3OS2/c1-2-6-21-12-19-18-11(22-12)17-10(20)8-4-3-5-9(7-8)13(14,15)16/h3-5,7H,2,6H2,1H3,(H,17,18,20). The summed E-state index contributed by atoms with van der Waals surface area (Å²) >= 11 is 2.71. The van der Waals surface area contributed by atoms with Gasteiger partial charge in [0.05, 0.1) is 5.56 Å². The van der Waals surface area contributed by atoms with Crippen LogP contribution in [0.25, 0.3) is 0 Å². The predicted molar refractivity (Wildman–Crippen MR) is 80.3 cm³/mol. The van der Waals surface area contributed by atoms with Crippen molar-refractivity contribution in [3.8, 4) is 0 Å². The first kappa shape index (κ1) is 16.8. The van der Waals surface area contributed by atoms with Crippen LogP contribution in [-0.2, 0) is 6.18 Å². The van der Waals surface area contributed by atoms with Gasteiger partial charge in [-0.15, -0.1) is 10.2 Å². The number of benzene rings is 1. The van der Waals surface area contributed by atoms with Gasteiger partial charge in [-0.25, -0.2) is 0 Å². The number of halogens is 3. The van der Waals surface area contributed by atoms with E-state index in [4.69, 9.17) is 0 Å². The minimum Gasteiger partial charge on any atom is -0.296 e. The first-order valence-corrected chi connectivity index (χ1v) is 8.15. The highest BCUT2D eigenvalue weighted by Gasteiger charge is 2.30. The van der Waals surface area contributed by atoms with E-state index < -0.39 is 17.6 Å². The number of thioether (sulfide) groups is 1. The minimum atomic E-state index is -4.48. The lowest BCUT2D eigenvalue weighted by atomic mass is 10.1. The van der Waals surface area contributed by atoms with Gasteiger partial charge in [0, 0.05) is 11.3 Å². The molecule has 9 heteroatoms. The molecular formula is C13H12F3N3OS2. The van der Waals surface area contributed by atoms with Crippen LogP contribution in [0.2, 0.25) is 0 Å². The average molecular weight is 347 g/mol. The highest BCUT2D eigenvalue weighted by atomic mass is 32.2. The molecule has 0 saturated carbocycles. The van der Waals surface area contributed by atoms with Gasteiger partial charge in [0.25, 0.3) is 5.91 Å². The van der Waals surface area contributed by atoms with Gasteiger partial charge >= 0.3 is 6.18 Å². The van der Waals surface area contributed by atoms with E-state index in [1.807, 2.05) is 6.92 Å². The van der Waals surface area contributed by atoms with E-state index in [0.717, 1.165) is 24.3 Å². The molecule has 0 saturated heterocycles. The second-order valence-corrected chi connectivity index (χ2v) is 6.57. The molecule has 1 amide bonds. The minimum absolute atomic E-state index is 0.0761. The van der Waals surface area contributed by atoms with Crippen molar-refractivity contribution in [2.75, 3.05) is 11.1 Å². The van der Waals surface area contributed by atoms with Crippen LogP contribution < -0.4 is 5.32 Å². The van der Waals surface area contributed by atoms with Crippen LogP contribution in [0.3, 0.4) is 0 Å². The molecule has 118 valence electrons. The number of hydrogen-bond acceptors (Lipinski definition) is 5. The van der Waals surface area contributed by atoms with E-state index in [0.29, 0.717) is 4.34 Å². The summed E-state index contributed by atoms with van der Waals surface area (Å²) in [5.41, 5.74) is -0.940. The first-order chi connectivity index (χ1) is 10.4. The van der Waals surface area contributed by atoms with Crippen molar-refractivity contribution < 1.29 is 18.0 Å². The molecule has 4 nitrogen and oxygen atoms in total. The van der Waals surface area contributed by atoms with Crippen LogP contribution in [-0.4, -0.2) is 21.9 Å². The summed E-state index contributed by atoms with van der Waals surface area (Å²) in [6.45, 7) is 2.03. The van der Waals surface area contributed by atoms with Gasteiger partial charge in [-0.05, 0) is 24.6 Å². The third-order valence-electron chi connectivity index (χ3n) is 2.51. The van der Waals surface area contributed by atoms with Gasteiger partial charge in [0.1, 0.15) is 0 Å². The molecular weight excluding hydrogens is 335 g/mol. The topological polar surface area (TPSA) is 54.9 Å². The molecule has 1 N–H and O–H groups in total. The van der Waals surface area contributed by atoms with E-state index in [1.54, 1.807) is 0 Å². The zero-order valence-corrected chi connectivity index (χ0v) is 13.1. The Kier molecular flexibility index (Phi) is 5.41. The molecule has 1 aromatic heterocycles. The first-order valence-electron chi connectivity index (χ1n) is 6.35. The molecule has 22 heavy (non-hydrogen) atoms. The fourth-order valence-corrected chi connectivity index (χ4v) is 3.19. The quantitative estimate of drug-likeness (QED) is 0.647. The summed E-state index contributed by atoms with van der Waals surface area (Å²) < 4.78 is 38.6. The van der Waals surface area contributed by atoms with Gasteiger partial charge in [-0.2, -0.15) is 13.2 Å². The van der Waals surface area contributed by atoms with Crippen molar-refractivity contribution in [2.24, 2.45) is 0 Å². The Morgan fingerprint density at radius 2 is 2.14 bits per heavy atom. The summed E-state index contributed by atoms with van der Waals surface area (Å²) in [5, 5.41) is 10.4. The van der Waals surface area contributed by atoms with Crippen molar-refractivity contribution in [3.63, 3.8) is 0 Å². The average Bonchev–Trinajstić information content (AvgIpc) is 2.92. The Bertz CT molecular complexity index is 658. The lowest BCUT2D eigenvalue weighted by Gasteiger charge is -2.08. The second-order valence-electron chi connectivity index (χ2n) is 4.25. The van der Waals surface area contributed by atoms with Crippen LogP contribution in [0.1, 0.15) is 29.3 Å². The van der Waals surface area contributed by atoms with Gasteiger partial charge in [-0.1, -0.05) is 36.1 Å². The molecule has 0 spiro atoms. The van der Waals surface area contributed by atoms with Crippen molar-refractivity contribution in [1.82, 2.24) is 10.2 Å². The smallest absolute Gasteiger partial charge is 0.296 e. The number of alkyl halides is 3. The zero-order valence-electron chi connectivity index (χ0n) is 11.5. The van der Waals surface area contributed by atoms with Gasteiger partial charge in [0.15, 0.2) is 4.34 Å². The van der Waals surface area contributed by atoms with E-state index in [1.165, 1.54) is 35.2 Å². The maximum absolute atomic E-state index is 12.6. The van der Waals surface area contributed by atoms with Crippen LogP contribution >= 0.6 is 23.1 Å².